The van der Waals surface area contributed by atoms with Gasteiger partial charge >= 0.3 is 0 Å². The van der Waals surface area contributed by atoms with Crippen molar-refractivity contribution in [3.8, 4) is 5.75 Å². The topological polar surface area (TPSA) is 83.7 Å². The normalized spacial score (nSPS) is 15.1. The average Bonchev–Trinajstić information content (AvgIpc) is 3.27. The average molecular weight is 407 g/mol. The van der Waals surface area contributed by atoms with E-state index in [0.29, 0.717) is 13.1 Å². The predicted molar refractivity (Wildman–Crippen MR) is 113 cm³/mol. The lowest BCUT2D eigenvalue weighted by atomic mass is 10.1. The zero-order valence-electron chi connectivity index (χ0n) is 16.9. The summed E-state index contributed by atoms with van der Waals surface area (Å²) in [4.78, 5) is 21.0. The smallest absolute Gasteiger partial charge is 0.293 e. The molecule has 0 aliphatic carbocycles. The molecule has 0 saturated carbocycles. The number of carbonyl (C=O) groups is 1. The molecule has 8 heteroatoms. The van der Waals surface area contributed by atoms with Crippen molar-refractivity contribution in [3.63, 3.8) is 0 Å². The summed E-state index contributed by atoms with van der Waals surface area (Å²) in [5.41, 5.74) is 1.88. The first-order valence-electron chi connectivity index (χ1n) is 9.95. The molecule has 1 aliphatic rings. The summed E-state index contributed by atoms with van der Waals surface area (Å²) in [5.74, 6) is 0.789. The molecule has 1 N–H and O–H groups in total. The number of nitrogens with zero attached hydrogens (tertiary/aromatic N) is 5. The van der Waals surface area contributed by atoms with E-state index in [-0.39, 0.29) is 18.3 Å². The Morgan fingerprint density at radius 3 is 2.60 bits per heavy atom. The lowest BCUT2D eigenvalue weighted by molar-refractivity contribution is 0.0733. The Balaban J connectivity index is 1.34. The Morgan fingerprint density at radius 1 is 1.10 bits per heavy atom. The SMILES string of the molecule is COc1cccc(N2CCN(C(=O)c3ncn(CC(O)c4ccccc4)n3)CC2)c1. The van der Waals surface area contributed by atoms with Crippen LogP contribution in [-0.2, 0) is 6.54 Å². The Morgan fingerprint density at radius 2 is 1.87 bits per heavy atom. The minimum absolute atomic E-state index is 0.157. The van der Waals surface area contributed by atoms with Crippen LogP contribution in [-0.4, -0.2) is 64.0 Å². The summed E-state index contributed by atoms with van der Waals surface area (Å²) in [6.07, 6.45) is 0.786. The van der Waals surface area contributed by atoms with Crippen LogP contribution in [0.3, 0.4) is 0 Å². The zero-order valence-corrected chi connectivity index (χ0v) is 16.9. The molecule has 2 heterocycles. The highest BCUT2D eigenvalue weighted by atomic mass is 16.5. The number of methoxy groups -OCH3 is 1. The van der Waals surface area contributed by atoms with E-state index in [4.69, 9.17) is 4.74 Å². The van der Waals surface area contributed by atoms with E-state index in [0.717, 1.165) is 30.1 Å². The first-order valence-corrected chi connectivity index (χ1v) is 9.95. The number of benzene rings is 2. The van der Waals surface area contributed by atoms with Gasteiger partial charge in [0.2, 0.25) is 5.82 Å². The first kappa shape index (κ1) is 19.9. The molecule has 0 spiro atoms. The molecule has 4 rings (SSSR count). The van der Waals surface area contributed by atoms with Crippen LogP contribution in [0, 0.1) is 0 Å². The number of aliphatic hydroxyl groups is 1. The highest BCUT2D eigenvalue weighted by Crippen LogP contribution is 2.22. The van der Waals surface area contributed by atoms with Crippen LogP contribution >= 0.6 is 0 Å². The molecule has 8 nitrogen and oxygen atoms in total. The summed E-state index contributed by atoms with van der Waals surface area (Å²) in [7, 11) is 1.65. The summed E-state index contributed by atoms with van der Waals surface area (Å²) >= 11 is 0. The number of hydrogen-bond donors (Lipinski definition) is 1. The van der Waals surface area contributed by atoms with Crippen LogP contribution in [0.5, 0.6) is 5.75 Å². The van der Waals surface area contributed by atoms with Crippen LogP contribution in [0.4, 0.5) is 5.69 Å². The van der Waals surface area contributed by atoms with Crippen molar-refractivity contribution in [1.29, 1.82) is 0 Å². The largest absolute Gasteiger partial charge is 0.497 e. The molecule has 3 aromatic rings. The first-order chi connectivity index (χ1) is 14.6. The molecule has 0 bridgehead atoms. The number of ether oxygens (including phenoxy) is 1. The monoisotopic (exact) mass is 407 g/mol. The van der Waals surface area contributed by atoms with Crippen molar-refractivity contribution < 1.29 is 14.6 Å². The van der Waals surface area contributed by atoms with E-state index in [2.05, 4.69) is 15.0 Å². The summed E-state index contributed by atoms with van der Waals surface area (Å²) < 4.78 is 6.80. The van der Waals surface area contributed by atoms with Gasteiger partial charge in [0.05, 0.1) is 19.8 Å². The van der Waals surface area contributed by atoms with E-state index in [9.17, 15) is 9.90 Å². The minimum atomic E-state index is -0.706. The van der Waals surface area contributed by atoms with Gasteiger partial charge in [-0.05, 0) is 17.7 Å². The molecule has 1 aromatic heterocycles. The van der Waals surface area contributed by atoms with Crippen LogP contribution < -0.4 is 9.64 Å². The third-order valence-corrected chi connectivity index (χ3v) is 5.26. The van der Waals surface area contributed by atoms with Gasteiger partial charge in [-0.2, -0.15) is 0 Å². The van der Waals surface area contributed by atoms with Gasteiger partial charge in [0.15, 0.2) is 0 Å². The Labute approximate surface area is 175 Å². The lowest BCUT2D eigenvalue weighted by Crippen LogP contribution is -2.49. The molecule has 30 heavy (non-hydrogen) atoms. The lowest BCUT2D eigenvalue weighted by Gasteiger charge is -2.35. The Hall–Kier alpha value is -3.39. The van der Waals surface area contributed by atoms with Gasteiger partial charge < -0.3 is 19.6 Å². The number of rotatable bonds is 6. The summed E-state index contributed by atoms with van der Waals surface area (Å²) in [6, 6.07) is 17.3. The quantitative estimate of drug-likeness (QED) is 0.673. The van der Waals surface area contributed by atoms with Crippen molar-refractivity contribution >= 4 is 11.6 Å². The molecule has 2 aromatic carbocycles. The highest BCUT2D eigenvalue weighted by Gasteiger charge is 2.25. The number of aliphatic hydroxyl groups excluding tert-OH is 1. The Kier molecular flexibility index (Phi) is 5.94. The van der Waals surface area contributed by atoms with E-state index in [1.54, 1.807) is 12.0 Å². The van der Waals surface area contributed by atoms with Gasteiger partial charge in [-0.15, -0.1) is 5.10 Å². The molecule has 1 aliphatic heterocycles. The molecule has 1 saturated heterocycles. The molecular weight excluding hydrogens is 382 g/mol. The van der Waals surface area contributed by atoms with Crippen molar-refractivity contribution in [1.82, 2.24) is 19.7 Å². The molecular formula is C22H25N5O3. The van der Waals surface area contributed by atoms with Gasteiger partial charge in [0, 0.05) is 37.9 Å². The maximum absolute atomic E-state index is 12.8. The van der Waals surface area contributed by atoms with Crippen LogP contribution in [0.2, 0.25) is 0 Å². The highest BCUT2D eigenvalue weighted by molar-refractivity contribution is 5.90. The fourth-order valence-corrected chi connectivity index (χ4v) is 3.55. The molecule has 1 fully saturated rings. The number of carbonyl (C=O) groups excluding carboxylic acids is 1. The fraction of sp³-hybridized carbons (Fsp3) is 0.318. The number of piperazine rings is 1. The number of aromatic nitrogens is 3. The zero-order chi connectivity index (χ0) is 20.9. The third kappa shape index (κ3) is 4.44. The molecule has 1 amide bonds. The van der Waals surface area contributed by atoms with E-state index >= 15 is 0 Å². The molecule has 156 valence electrons. The van der Waals surface area contributed by atoms with Crippen molar-refractivity contribution in [2.75, 3.05) is 38.2 Å². The van der Waals surface area contributed by atoms with E-state index < -0.39 is 6.10 Å². The standard InChI is InChI=1S/C22H25N5O3/c1-30-19-9-5-8-18(14-19)25-10-12-26(13-11-25)22(29)21-23-16-27(24-21)15-20(28)17-6-3-2-4-7-17/h2-9,14,16,20,28H,10-13,15H2,1H3. The van der Waals surface area contributed by atoms with Gasteiger partial charge in [0.1, 0.15) is 12.1 Å². The second-order valence-corrected chi connectivity index (χ2v) is 7.20. The summed E-state index contributed by atoms with van der Waals surface area (Å²) in [6.45, 7) is 2.89. The number of amides is 1. The van der Waals surface area contributed by atoms with Crippen molar-refractivity contribution in [2.24, 2.45) is 0 Å². The van der Waals surface area contributed by atoms with E-state index in [1.807, 2.05) is 54.6 Å². The van der Waals surface area contributed by atoms with Gasteiger partial charge in [-0.3, -0.25) is 4.79 Å². The molecule has 1 atom stereocenters. The van der Waals surface area contributed by atoms with Crippen LogP contribution in [0.1, 0.15) is 22.3 Å². The van der Waals surface area contributed by atoms with Gasteiger partial charge in [-0.25, -0.2) is 9.67 Å². The number of anilines is 1. The summed E-state index contributed by atoms with van der Waals surface area (Å²) in [5, 5.41) is 14.6. The molecule has 0 radical (unpaired) electrons. The second-order valence-electron chi connectivity index (χ2n) is 7.20. The molecule has 1 unspecified atom stereocenters. The van der Waals surface area contributed by atoms with Gasteiger partial charge in [-0.1, -0.05) is 36.4 Å². The maximum Gasteiger partial charge on any atom is 0.293 e. The second kappa shape index (κ2) is 8.96. The maximum atomic E-state index is 12.8. The van der Waals surface area contributed by atoms with Crippen molar-refractivity contribution in [3.05, 3.63) is 72.3 Å². The van der Waals surface area contributed by atoms with E-state index in [1.165, 1.54) is 11.0 Å². The predicted octanol–water partition coefficient (Wildman–Crippen LogP) is 1.98. The third-order valence-electron chi connectivity index (χ3n) is 5.26. The fourth-order valence-electron chi connectivity index (χ4n) is 3.55. The number of hydrogen-bond acceptors (Lipinski definition) is 6. The van der Waals surface area contributed by atoms with Gasteiger partial charge in [0.25, 0.3) is 5.91 Å². The van der Waals surface area contributed by atoms with Crippen LogP contribution in [0.25, 0.3) is 0 Å². The van der Waals surface area contributed by atoms with Crippen molar-refractivity contribution in [2.45, 2.75) is 12.6 Å². The Bertz CT molecular complexity index is 983. The minimum Gasteiger partial charge on any atom is -0.497 e. The van der Waals surface area contributed by atoms with Crippen LogP contribution in [0.15, 0.2) is 60.9 Å².